The summed E-state index contributed by atoms with van der Waals surface area (Å²) in [5.41, 5.74) is 0.685. The quantitative estimate of drug-likeness (QED) is 0.500. The van der Waals surface area contributed by atoms with Crippen molar-refractivity contribution in [2.45, 2.75) is 20.5 Å². The summed E-state index contributed by atoms with van der Waals surface area (Å²) in [7, 11) is 0. The number of ether oxygens (including phenoxy) is 1. The van der Waals surface area contributed by atoms with Crippen molar-refractivity contribution < 1.29 is 9.53 Å². The highest BCUT2D eigenvalue weighted by atomic mass is 32.1. The predicted molar refractivity (Wildman–Crippen MR) is 106 cm³/mol. The lowest BCUT2D eigenvalue weighted by molar-refractivity contribution is 0.0468. The average molecular weight is 403 g/mol. The van der Waals surface area contributed by atoms with Gasteiger partial charge in [-0.1, -0.05) is 0 Å². The van der Waals surface area contributed by atoms with Crippen LogP contribution in [0, 0.1) is 13.8 Å². The van der Waals surface area contributed by atoms with Crippen LogP contribution in [0.15, 0.2) is 34.4 Å². The number of esters is 1. The van der Waals surface area contributed by atoms with E-state index in [-0.39, 0.29) is 12.2 Å². The highest BCUT2D eigenvalue weighted by Gasteiger charge is 2.15. The normalized spacial score (nSPS) is 11.2. The van der Waals surface area contributed by atoms with Crippen molar-refractivity contribution in [3.63, 3.8) is 0 Å². The van der Waals surface area contributed by atoms with Crippen molar-refractivity contribution in [3.05, 3.63) is 60.5 Å². The molecular weight excluding hydrogens is 388 g/mol. The van der Waals surface area contributed by atoms with E-state index < -0.39 is 5.97 Å². The maximum absolute atomic E-state index is 12.6. The molecule has 4 rings (SSSR count). The van der Waals surface area contributed by atoms with Gasteiger partial charge in [-0.25, -0.2) is 9.78 Å². The SMILES string of the molecule is Cc1ccc(C(=O)OCc2nc3scc(-c4ccc(C)s4)c3c(=O)[nH]2)s1. The number of rotatable bonds is 4. The summed E-state index contributed by atoms with van der Waals surface area (Å²) in [6.07, 6.45) is 0. The van der Waals surface area contributed by atoms with Crippen molar-refractivity contribution in [2.24, 2.45) is 0 Å². The van der Waals surface area contributed by atoms with Gasteiger partial charge in [0.15, 0.2) is 0 Å². The molecule has 0 fully saturated rings. The van der Waals surface area contributed by atoms with E-state index in [0.29, 0.717) is 20.9 Å². The maximum atomic E-state index is 12.6. The summed E-state index contributed by atoms with van der Waals surface area (Å²) in [4.78, 5) is 36.3. The number of H-pyrrole nitrogens is 1. The standard InChI is InChI=1S/C18H14N2O3S3/c1-9-3-5-12(25-9)11-8-24-17-15(11)16(21)19-14(20-17)7-23-18(22)13-6-4-10(2)26-13/h3-6,8H,7H2,1-2H3,(H,19,20,21). The number of nitrogens with zero attached hydrogens (tertiary/aromatic N) is 1. The molecule has 0 spiro atoms. The summed E-state index contributed by atoms with van der Waals surface area (Å²) >= 11 is 4.44. The number of hydrogen-bond donors (Lipinski definition) is 1. The van der Waals surface area contributed by atoms with E-state index in [9.17, 15) is 9.59 Å². The molecule has 0 radical (unpaired) electrons. The number of aryl methyl sites for hydroxylation is 2. The Hall–Kier alpha value is -2.29. The number of nitrogens with one attached hydrogen (secondary N) is 1. The van der Waals surface area contributed by atoms with Gasteiger partial charge in [-0.3, -0.25) is 4.79 Å². The van der Waals surface area contributed by atoms with Gasteiger partial charge in [0.25, 0.3) is 5.56 Å². The van der Waals surface area contributed by atoms with Gasteiger partial charge in [0.05, 0.1) is 5.39 Å². The van der Waals surface area contributed by atoms with Gasteiger partial charge < -0.3 is 9.72 Å². The average Bonchev–Trinajstić information content (AvgIpc) is 3.32. The molecule has 0 saturated carbocycles. The molecule has 0 aliphatic carbocycles. The van der Waals surface area contributed by atoms with Gasteiger partial charge in [0, 0.05) is 25.6 Å². The molecule has 0 aliphatic rings. The minimum absolute atomic E-state index is 0.0632. The van der Waals surface area contributed by atoms with Crippen LogP contribution >= 0.6 is 34.0 Å². The third-order valence-electron chi connectivity index (χ3n) is 3.78. The number of hydrogen-bond acceptors (Lipinski definition) is 7. The van der Waals surface area contributed by atoms with Crippen LogP contribution in [0.5, 0.6) is 0 Å². The van der Waals surface area contributed by atoms with Crippen LogP contribution in [0.4, 0.5) is 0 Å². The lowest BCUT2D eigenvalue weighted by Gasteiger charge is -2.03. The molecule has 0 aliphatic heterocycles. The molecule has 1 N–H and O–H groups in total. The number of aromatic nitrogens is 2. The second kappa shape index (κ2) is 6.79. The molecule has 0 unspecified atom stereocenters. The predicted octanol–water partition coefficient (Wildman–Crippen LogP) is 4.75. The molecule has 4 aromatic heterocycles. The first-order chi connectivity index (χ1) is 12.5. The van der Waals surface area contributed by atoms with Crippen LogP contribution in [0.3, 0.4) is 0 Å². The third kappa shape index (κ3) is 3.23. The fraction of sp³-hybridized carbons (Fsp3) is 0.167. The minimum Gasteiger partial charge on any atom is -0.453 e. The van der Waals surface area contributed by atoms with Gasteiger partial charge in [-0.05, 0) is 38.1 Å². The van der Waals surface area contributed by atoms with Crippen molar-refractivity contribution in [1.82, 2.24) is 9.97 Å². The smallest absolute Gasteiger partial charge is 0.348 e. The molecule has 0 amide bonds. The van der Waals surface area contributed by atoms with E-state index >= 15 is 0 Å². The molecule has 0 aromatic carbocycles. The number of thiophene rings is 3. The minimum atomic E-state index is -0.410. The fourth-order valence-electron chi connectivity index (χ4n) is 2.57. The molecule has 8 heteroatoms. The Morgan fingerprint density at radius 3 is 2.62 bits per heavy atom. The molecule has 4 heterocycles. The molecule has 0 saturated heterocycles. The first kappa shape index (κ1) is 17.1. The second-order valence-corrected chi connectivity index (χ2v) is 9.17. The van der Waals surface area contributed by atoms with Gasteiger partial charge in [-0.2, -0.15) is 0 Å². The van der Waals surface area contributed by atoms with E-state index in [1.165, 1.54) is 27.6 Å². The van der Waals surface area contributed by atoms with Gasteiger partial charge in [0.1, 0.15) is 22.1 Å². The van der Waals surface area contributed by atoms with Crippen molar-refractivity contribution in [3.8, 4) is 10.4 Å². The van der Waals surface area contributed by atoms with Gasteiger partial charge >= 0.3 is 5.97 Å². The monoisotopic (exact) mass is 402 g/mol. The summed E-state index contributed by atoms with van der Waals surface area (Å²) < 4.78 is 5.27. The van der Waals surface area contributed by atoms with Crippen LogP contribution in [-0.2, 0) is 11.3 Å². The summed E-state index contributed by atoms with van der Waals surface area (Å²) in [5.74, 6) is -0.0633. The van der Waals surface area contributed by atoms with Crippen molar-refractivity contribution in [2.75, 3.05) is 0 Å². The lowest BCUT2D eigenvalue weighted by Crippen LogP contribution is -2.13. The summed E-state index contributed by atoms with van der Waals surface area (Å²) in [6.45, 7) is 3.90. The maximum Gasteiger partial charge on any atom is 0.348 e. The number of fused-ring (bicyclic) bond motifs is 1. The molecular formula is C18H14N2O3S3. The molecule has 0 bridgehead atoms. The van der Waals surface area contributed by atoms with E-state index in [1.54, 1.807) is 17.4 Å². The Morgan fingerprint density at radius 1 is 1.15 bits per heavy atom. The fourth-order valence-corrected chi connectivity index (χ4v) is 5.26. The highest BCUT2D eigenvalue weighted by molar-refractivity contribution is 7.19. The van der Waals surface area contributed by atoms with Crippen LogP contribution in [0.2, 0.25) is 0 Å². The Labute approximate surface area is 160 Å². The van der Waals surface area contributed by atoms with E-state index in [1.807, 2.05) is 37.4 Å². The lowest BCUT2D eigenvalue weighted by atomic mass is 10.2. The Balaban J connectivity index is 1.60. The zero-order valence-electron chi connectivity index (χ0n) is 14.0. The molecule has 26 heavy (non-hydrogen) atoms. The van der Waals surface area contributed by atoms with Crippen molar-refractivity contribution >= 4 is 50.2 Å². The van der Waals surface area contributed by atoms with Crippen LogP contribution < -0.4 is 5.56 Å². The number of aromatic amines is 1. The third-order valence-corrected chi connectivity index (χ3v) is 6.67. The molecule has 132 valence electrons. The van der Waals surface area contributed by atoms with Crippen LogP contribution in [0.1, 0.15) is 25.3 Å². The number of carbonyl (C=O) groups is 1. The van der Waals surface area contributed by atoms with Crippen LogP contribution in [-0.4, -0.2) is 15.9 Å². The molecule has 5 nitrogen and oxygen atoms in total. The Kier molecular flexibility index (Phi) is 4.47. The molecule has 4 aromatic rings. The largest absolute Gasteiger partial charge is 0.453 e. The van der Waals surface area contributed by atoms with Crippen molar-refractivity contribution in [1.29, 1.82) is 0 Å². The first-order valence-electron chi connectivity index (χ1n) is 7.82. The van der Waals surface area contributed by atoms with E-state index in [4.69, 9.17) is 4.74 Å². The molecule has 0 atom stereocenters. The Morgan fingerprint density at radius 2 is 1.92 bits per heavy atom. The number of carbonyl (C=O) groups excluding carboxylic acids is 1. The van der Waals surface area contributed by atoms with Gasteiger partial charge in [0.2, 0.25) is 0 Å². The van der Waals surface area contributed by atoms with Gasteiger partial charge in [-0.15, -0.1) is 34.0 Å². The zero-order valence-corrected chi connectivity index (χ0v) is 16.4. The second-order valence-electron chi connectivity index (χ2n) is 5.74. The zero-order chi connectivity index (χ0) is 18.3. The van der Waals surface area contributed by atoms with Crippen LogP contribution in [0.25, 0.3) is 20.7 Å². The van der Waals surface area contributed by atoms with E-state index in [2.05, 4.69) is 9.97 Å². The topological polar surface area (TPSA) is 72.0 Å². The highest BCUT2D eigenvalue weighted by Crippen LogP contribution is 2.35. The summed E-state index contributed by atoms with van der Waals surface area (Å²) in [5, 5.41) is 2.53. The Bertz CT molecular complexity index is 1170. The summed E-state index contributed by atoms with van der Waals surface area (Å²) in [6, 6.07) is 7.65. The van der Waals surface area contributed by atoms with E-state index in [0.717, 1.165) is 15.3 Å². The first-order valence-corrected chi connectivity index (χ1v) is 10.3.